The van der Waals surface area contributed by atoms with Crippen molar-refractivity contribution < 1.29 is 15.0 Å². The van der Waals surface area contributed by atoms with Crippen molar-refractivity contribution in [3.63, 3.8) is 0 Å². The number of carbonyl (C=O) groups is 1. The van der Waals surface area contributed by atoms with Crippen molar-refractivity contribution in [1.82, 2.24) is 5.32 Å². The average Bonchev–Trinajstić information content (AvgIpc) is 2.60. The summed E-state index contributed by atoms with van der Waals surface area (Å²) in [5.41, 5.74) is 5.34. The Balaban J connectivity index is 2.12. The fourth-order valence-corrected chi connectivity index (χ4v) is 2.27. The summed E-state index contributed by atoms with van der Waals surface area (Å²) in [5, 5.41) is 26.5. The summed E-state index contributed by atoms with van der Waals surface area (Å²) in [7, 11) is 0. The van der Waals surface area contributed by atoms with E-state index in [1.54, 1.807) is 0 Å². The summed E-state index contributed by atoms with van der Waals surface area (Å²) in [6.07, 6.45) is 1.29. The standard InChI is InChI=1S/C19H21N3O3/c1-3-19(25,14-9-10-17(23)16(11-14)18(20)24)21-12-13(2)22-15-7-5-4-6-8-15/h3-11,21-23,25H,1-2,12H2,(H2,20,24). The molecular formula is C19H21N3O3. The number of amides is 1. The Labute approximate surface area is 146 Å². The van der Waals surface area contributed by atoms with Crippen molar-refractivity contribution in [2.45, 2.75) is 5.72 Å². The Hall–Kier alpha value is -3.09. The van der Waals surface area contributed by atoms with Crippen LogP contribution in [0.2, 0.25) is 0 Å². The highest BCUT2D eigenvalue weighted by atomic mass is 16.3. The van der Waals surface area contributed by atoms with Gasteiger partial charge in [0, 0.05) is 23.5 Å². The SMILES string of the molecule is C=CC(O)(NCC(=C)Nc1ccccc1)c1ccc(O)c(C(N)=O)c1. The quantitative estimate of drug-likeness (QED) is 0.374. The molecule has 1 amide bonds. The van der Waals surface area contributed by atoms with Crippen LogP contribution in [0.15, 0.2) is 73.5 Å². The monoisotopic (exact) mass is 339 g/mol. The highest BCUT2D eigenvalue weighted by molar-refractivity contribution is 5.95. The van der Waals surface area contributed by atoms with Crippen molar-refractivity contribution in [3.8, 4) is 5.75 Å². The van der Waals surface area contributed by atoms with Gasteiger partial charge < -0.3 is 21.3 Å². The van der Waals surface area contributed by atoms with E-state index in [9.17, 15) is 15.0 Å². The lowest BCUT2D eigenvalue weighted by atomic mass is 9.99. The lowest BCUT2D eigenvalue weighted by Crippen LogP contribution is -2.42. The Morgan fingerprint density at radius 1 is 1.24 bits per heavy atom. The Kier molecular flexibility index (Phi) is 5.59. The summed E-state index contributed by atoms with van der Waals surface area (Å²) in [4.78, 5) is 11.4. The number of nitrogens with two attached hydrogens (primary N) is 1. The molecule has 130 valence electrons. The van der Waals surface area contributed by atoms with Crippen molar-refractivity contribution in [3.05, 3.63) is 84.6 Å². The van der Waals surface area contributed by atoms with E-state index in [-0.39, 0.29) is 17.9 Å². The first-order chi connectivity index (χ1) is 11.9. The molecule has 0 saturated carbocycles. The Morgan fingerprint density at radius 2 is 1.92 bits per heavy atom. The van der Waals surface area contributed by atoms with Crippen molar-refractivity contribution in [2.75, 3.05) is 11.9 Å². The molecule has 0 aromatic heterocycles. The summed E-state index contributed by atoms with van der Waals surface area (Å²) in [6.45, 7) is 7.76. The molecule has 0 aliphatic rings. The third-order valence-electron chi connectivity index (χ3n) is 3.66. The van der Waals surface area contributed by atoms with Gasteiger partial charge in [0.15, 0.2) is 5.72 Å². The van der Waals surface area contributed by atoms with Crippen LogP contribution in [0.1, 0.15) is 15.9 Å². The fraction of sp³-hybridized carbons (Fsp3) is 0.105. The molecule has 2 aromatic carbocycles. The van der Waals surface area contributed by atoms with Crippen molar-refractivity contribution in [1.29, 1.82) is 0 Å². The van der Waals surface area contributed by atoms with E-state index in [1.807, 2.05) is 30.3 Å². The minimum Gasteiger partial charge on any atom is -0.507 e. The van der Waals surface area contributed by atoms with E-state index < -0.39 is 11.6 Å². The Morgan fingerprint density at radius 3 is 2.52 bits per heavy atom. The number of rotatable bonds is 8. The van der Waals surface area contributed by atoms with Gasteiger partial charge in [0.25, 0.3) is 5.91 Å². The van der Waals surface area contributed by atoms with E-state index in [0.717, 1.165) is 5.69 Å². The second kappa shape index (κ2) is 7.65. The van der Waals surface area contributed by atoms with Gasteiger partial charge in [-0.1, -0.05) is 37.4 Å². The molecule has 0 spiro atoms. The highest BCUT2D eigenvalue weighted by Gasteiger charge is 2.26. The van der Waals surface area contributed by atoms with Gasteiger partial charge in [-0.05, 0) is 30.3 Å². The number of aromatic hydroxyl groups is 1. The topological polar surface area (TPSA) is 108 Å². The number of phenols is 1. The van der Waals surface area contributed by atoms with Crippen LogP contribution in [-0.2, 0) is 5.72 Å². The van der Waals surface area contributed by atoms with E-state index >= 15 is 0 Å². The third-order valence-corrected chi connectivity index (χ3v) is 3.66. The van der Waals surface area contributed by atoms with Crippen LogP contribution in [0.5, 0.6) is 5.75 Å². The maximum atomic E-state index is 11.4. The van der Waals surface area contributed by atoms with Crippen LogP contribution < -0.4 is 16.4 Å². The maximum absolute atomic E-state index is 11.4. The predicted molar refractivity (Wildman–Crippen MR) is 97.9 cm³/mol. The first-order valence-electron chi connectivity index (χ1n) is 7.60. The second-order valence-corrected chi connectivity index (χ2v) is 5.51. The molecule has 2 aromatic rings. The molecule has 0 saturated heterocycles. The molecule has 0 fully saturated rings. The molecule has 0 aliphatic heterocycles. The molecule has 0 bridgehead atoms. The molecule has 6 N–H and O–H groups in total. The van der Waals surface area contributed by atoms with Gasteiger partial charge >= 0.3 is 0 Å². The van der Waals surface area contributed by atoms with Crippen LogP contribution in [0, 0.1) is 0 Å². The molecular weight excluding hydrogens is 318 g/mol. The number of hydrogen-bond donors (Lipinski definition) is 5. The number of hydrogen-bond acceptors (Lipinski definition) is 5. The highest BCUT2D eigenvalue weighted by Crippen LogP contribution is 2.25. The molecule has 0 radical (unpaired) electrons. The van der Waals surface area contributed by atoms with Gasteiger partial charge in [0.2, 0.25) is 0 Å². The number of anilines is 1. The molecule has 6 heteroatoms. The zero-order chi connectivity index (χ0) is 18.4. The zero-order valence-electron chi connectivity index (χ0n) is 13.7. The summed E-state index contributed by atoms with van der Waals surface area (Å²) in [6, 6.07) is 13.6. The lowest BCUT2D eigenvalue weighted by molar-refractivity contribution is 0.0550. The van der Waals surface area contributed by atoms with Crippen LogP contribution in [-0.4, -0.2) is 22.7 Å². The number of primary amides is 1. The smallest absolute Gasteiger partial charge is 0.252 e. The van der Waals surface area contributed by atoms with E-state index in [0.29, 0.717) is 11.3 Å². The molecule has 0 aliphatic carbocycles. The van der Waals surface area contributed by atoms with Gasteiger partial charge in [-0.3, -0.25) is 10.1 Å². The number of carbonyl (C=O) groups excluding carboxylic acids is 1. The minimum atomic E-state index is -1.63. The van der Waals surface area contributed by atoms with Gasteiger partial charge in [-0.25, -0.2) is 0 Å². The summed E-state index contributed by atoms with van der Waals surface area (Å²) >= 11 is 0. The molecule has 0 heterocycles. The van der Waals surface area contributed by atoms with E-state index in [1.165, 1.54) is 24.3 Å². The summed E-state index contributed by atoms with van der Waals surface area (Å²) < 4.78 is 0. The van der Waals surface area contributed by atoms with Gasteiger partial charge in [-0.2, -0.15) is 0 Å². The van der Waals surface area contributed by atoms with Crippen LogP contribution in [0.25, 0.3) is 0 Å². The molecule has 1 atom stereocenters. The summed E-state index contributed by atoms with van der Waals surface area (Å²) in [5.74, 6) is -1.04. The number of benzene rings is 2. The van der Waals surface area contributed by atoms with Crippen LogP contribution in [0.3, 0.4) is 0 Å². The predicted octanol–water partition coefficient (Wildman–Crippen LogP) is 2.04. The maximum Gasteiger partial charge on any atom is 0.252 e. The fourth-order valence-electron chi connectivity index (χ4n) is 2.27. The van der Waals surface area contributed by atoms with E-state index in [2.05, 4.69) is 23.8 Å². The molecule has 25 heavy (non-hydrogen) atoms. The van der Waals surface area contributed by atoms with Gasteiger partial charge in [0.05, 0.1) is 5.56 Å². The van der Waals surface area contributed by atoms with Crippen molar-refractivity contribution >= 4 is 11.6 Å². The lowest BCUT2D eigenvalue weighted by Gasteiger charge is -2.27. The first-order valence-corrected chi connectivity index (χ1v) is 7.60. The van der Waals surface area contributed by atoms with Crippen molar-refractivity contribution in [2.24, 2.45) is 5.73 Å². The van der Waals surface area contributed by atoms with Gasteiger partial charge in [0.1, 0.15) is 5.75 Å². The normalized spacial score (nSPS) is 12.8. The van der Waals surface area contributed by atoms with Crippen LogP contribution >= 0.6 is 0 Å². The Bertz CT molecular complexity index is 790. The number of aliphatic hydroxyl groups is 1. The minimum absolute atomic E-state index is 0.0826. The average molecular weight is 339 g/mol. The number of para-hydroxylation sites is 1. The zero-order valence-corrected chi connectivity index (χ0v) is 13.7. The van der Waals surface area contributed by atoms with E-state index in [4.69, 9.17) is 5.73 Å². The second-order valence-electron chi connectivity index (χ2n) is 5.51. The number of nitrogens with one attached hydrogen (secondary N) is 2. The molecule has 6 nitrogen and oxygen atoms in total. The molecule has 1 unspecified atom stereocenters. The third kappa shape index (κ3) is 4.47. The van der Waals surface area contributed by atoms with Gasteiger partial charge in [-0.15, -0.1) is 0 Å². The largest absolute Gasteiger partial charge is 0.507 e. The molecule has 2 rings (SSSR count). The van der Waals surface area contributed by atoms with Crippen LogP contribution in [0.4, 0.5) is 5.69 Å². The first kappa shape index (κ1) is 18.3.